The van der Waals surface area contributed by atoms with Gasteiger partial charge < -0.3 is 4.74 Å². The van der Waals surface area contributed by atoms with E-state index in [1.807, 2.05) is 25.1 Å². The number of ether oxygens (including phenoxy) is 1. The van der Waals surface area contributed by atoms with Crippen molar-refractivity contribution in [2.75, 3.05) is 0 Å². The number of thiazole rings is 1. The van der Waals surface area contributed by atoms with Crippen LogP contribution < -0.4 is 4.74 Å². The summed E-state index contributed by atoms with van der Waals surface area (Å²) in [5.41, 5.74) is 2.51. The fourth-order valence-corrected chi connectivity index (χ4v) is 3.14. The summed E-state index contributed by atoms with van der Waals surface area (Å²) in [6.45, 7) is 6.18. The second-order valence-corrected chi connectivity index (χ2v) is 6.80. The molecule has 0 spiro atoms. The highest BCUT2D eigenvalue weighted by Gasteiger charge is 2.18. The first-order chi connectivity index (χ1) is 11.0. The van der Waals surface area contributed by atoms with Gasteiger partial charge in [0.1, 0.15) is 16.6 Å². The smallest absolute Gasteiger partial charge is 0.210 e. The van der Waals surface area contributed by atoms with E-state index < -0.39 is 0 Å². The first kappa shape index (κ1) is 15.9. The Morgan fingerprint density at radius 2 is 2.00 bits per heavy atom. The maximum Gasteiger partial charge on any atom is 0.210 e. The molecule has 0 saturated heterocycles. The Kier molecular flexibility index (Phi) is 4.59. The van der Waals surface area contributed by atoms with Gasteiger partial charge in [-0.3, -0.25) is 4.98 Å². The minimum absolute atomic E-state index is 0.321. The zero-order valence-corrected chi connectivity index (χ0v) is 14.6. The van der Waals surface area contributed by atoms with E-state index in [0.29, 0.717) is 21.9 Å². The number of aryl methyl sites for hydroxylation is 1. The van der Waals surface area contributed by atoms with Crippen LogP contribution in [0.4, 0.5) is 0 Å². The molecule has 0 amide bonds. The Hall–Kier alpha value is -1.98. The van der Waals surface area contributed by atoms with E-state index in [0.717, 1.165) is 22.1 Å². The first-order valence-corrected chi connectivity index (χ1v) is 8.46. The molecule has 0 aliphatic rings. The summed E-state index contributed by atoms with van der Waals surface area (Å²) >= 11 is 7.46. The zero-order chi connectivity index (χ0) is 16.4. The van der Waals surface area contributed by atoms with Crippen LogP contribution in [0.1, 0.15) is 30.5 Å². The van der Waals surface area contributed by atoms with Gasteiger partial charge in [0.15, 0.2) is 0 Å². The standard InChI is InChI=1S/C17H16ClN3OS/c1-10(2)16-21-15(13-6-4-5-11(3)20-13)17(23-16)22-12-7-8-19-14(18)9-12/h4-10H,1-3H3. The maximum absolute atomic E-state index is 6.01. The third-order valence-corrected chi connectivity index (χ3v) is 4.59. The molecule has 23 heavy (non-hydrogen) atoms. The molecular weight excluding hydrogens is 330 g/mol. The maximum atomic E-state index is 6.01. The van der Waals surface area contributed by atoms with E-state index in [1.165, 1.54) is 11.3 Å². The normalized spacial score (nSPS) is 11.0. The monoisotopic (exact) mass is 345 g/mol. The van der Waals surface area contributed by atoms with E-state index in [2.05, 4.69) is 23.8 Å². The van der Waals surface area contributed by atoms with E-state index in [4.69, 9.17) is 21.3 Å². The lowest BCUT2D eigenvalue weighted by molar-refractivity contribution is 0.496. The van der Waals surface area contributed by atoms with Crippen molar-refractivity contribution in [2.45, 2.75) is 26.7 Å². The molecule has 3 heterocycles. The summed E-state index contributed by atoms with van der Waals surface area (Å²) in [6, 6.07) is 9.33. The van der Waals surface area contributed by atoms with Crippen LogP contribution in [0.5, 0.6) is 10.8 Å². The van der Waals surface area contributed by atoms with E-state index in [1.54, 1.807) is 18.3 Å². The average molecular weight is 346 g/mol. The van der Waals surface area contributed by atoms with Crippen molar-refractivity contribution in [2.24, 2.45) is 0 Å². The zero-order valence-electron chi connectivity index (χ0n) is 13.1. The summed E-state index contributed by atoms with van der Waals surface area (Å²) in [5, 5.41) is 2.12. The van der Waals surface area contributed by atoms with Crippen LogP contribution in [0.2, 0.25) is 5.15 Å². The molecule has 0 N–H and O–H groups in total. The van der Waals surface area contributed by atoms with Gasteiger partial charge in [-0.15, -0.1) is 0 Å². The molecule has 3 rings (SSSR count). The van der Waals surface area contributed by atoms with E-state index >= 15 is 0 Å². The summed E-state index contributed by atoms with van der Waals surface area (Å²) in [5.74, 6) is 0.958. The quantitative estimate of drug-likeness (QED) is 0.587. The predicted molar refractivity (Wildman–Crippen MR) is 93.5 cm³/mol. The van der Waals surface area contributed by atoms with E-state index in [9.17, 15) is 0 Å². The van der Waals surface area contributed by atoms with Crippen molar-refractivity contribution in [3.05, 3.63) is 52.4 Å². The first-order valence-electron chi connectivity index (χ1n) is 7.27. The van der Waals surface area contributed by atoms with Crippen LogP contribution in [0.15, 0.2) is 36.5 Å². The molecular formula is C17H16ClN3OS. The van der Waals surface area contributed by atoms with Crippen LogP contribution in [0.25, 0.3) is 11.4 Å². The molecule has 0 saturated carbocycles. The third kappa shape index (κ3) is 3.68. The molecule has 3 aromatic rings. The van der Waals surface area contributed by atoms with Crippen LogP contribution in [0.3, 0.4) is 0 Å². The van der Waals surface area contributed by atoms with Gasteiger partial charge >= 0.3 is 0 Å². The number of hydrogen-bond acceptors (Lipinski definition) is 5. The Labute approximate surface area is 144 Å². The number of rotatable bonds is 4. The SMILES string of the molecule is Cc1cccc(-c2nc(C(C)C)sc2Oc2ccnc(Cl)c2)n1. The molecule has 0 aromatic carbocycles. The lowest BCUT2D eigenvalue weighted by atomic mass is 10.2. The Morgan fingerprint density at radius 3 is 2.70 bits per heavy atom. The van der Waals surface area contributed by atoms with E-state index in [-0.39, 0.29) is 0 Å². The Bertz CT molecular complexity index is 832. The molecule has 3 aromatic heterocycles. The minimum Gasteiger partial charge on any atom is -0.444 e. The van der Waals surface area contributed by atoms with Crippen LogP contribution in [0, 0.1) is 6.92 Å². The van der Waals surface area contributed by atoms with Crippen LogP contribution in [-0.4, -0.2) is 15.0 Å². The van der Waals surface area contributed by atoms with Crippen molar-refractivity contribution in [1.82, 2.24) is 15.0 Å². The fraction of sp³-hybridized carbons (Fsp3) is 0.235. The number of hydrogen-bond donors (Lipinski definition) is 0. The lowest BCUT2D eigenvalue weighted by Gasteiger charge is -2.05. The molecule has 0 fully saturated rings. The molecule has 0 atom stereocenters. The highest BCUT2D eigenvalue weighted by molar-refractivity contribution is 7.14. The highest BCUT2D eigenvalue weighted by Crippen LogP contribution is 2.40. The van der Waals surface area contributed by atoms with Gasteiger partial charge in [0.05, 0.1) is 10.7 Å². The molecule has 6 heteroatoms. The fourth-order valence-electron chi connectivity index (χ4n) is 2.03. The number of halogens is 1. The summed E-state index contributed by atoms with van der Waals surface area (Å²) in [4.78, 5) is 13.3. The van der Waals surface area contributed by atoms with Gasteiger partial charge in [-0.1, -0.05) is 42.9 Å². The number of aromatic nitrogens is 3. The van der Waals surface area contributed by atoms with Gasteiger partial charge in [-0.05, 0) is 25.1 Å². The summed E-state index contributed by atoms with van der Waals surface area (Å²) < 4.78 is 6.01. The van der Waals surface area contributed by atoms with Gasteiger partial charge in [0.2, 0.25) is 5.06 Å². The van der Waals surface area contributed by atoms with Crippen molar-refractivity contribution >= 4 is 22.9 Å². The van der Waals surface area contributed by atoms with Crippen molar-refractivity contribution < 1.29 is 4.74 Å². The summed E-state index contributed by atoms with van der Waals surface area (Å²) in [7, 11) is 0. The Balaban J connectivity index is 2.04. The predicted octanol–water partition coefficient (Wildman–Crippen LogP) is 5.48. The van der Waals surface area contributed by atoms with Gasteiger partial charge in [-0.25, -0.2) is 9.97 Å². The van der Waals surface area contributed by atoms with Crippen LogP contribution in [-0.2, 0) is 0 Å². The topological polar surface area (TPSA) is 47.9 Å². The van der Waals surface area contributed by atoms with Gasteiger partial charge in [0.25, 0.3) is 0 Å². The second kappa shape index (κ2) is 6.64. The number of pyridine rings is 2. The van der Waals surface area contributed by atoms with Gasteiger partial charge in [-0.2, -0.15) is 0 Å². The molecule has 0 unspecified atom stereocenters. The molecule has 0 radical (unpaired) electrons. The van der Waals surface area contributed by atoms with Crippen molar-refractivity contribution in [3.8, 4) is 22.2 Å². The van der Waals surface area contributed by atoms with Crippen molar-refractivity contribution in [3.63, 3.8) is 0 Å². The third-order valence-electron chi connectivity index (χ3n) is 3.15. The molecule has 0 aliphatic heterocycles. The lowest BCUT2D eigenvalue weighted by Crippen LogP contribution is -1.91. The molecule has 0 bridgehead atoms. The van der Waals surface area contributed by atoms with Crippen LogP contribution >= 0.6 is 22.9 Å². The molecule has 0 aliphatic carbocycles. The molecule has 118 valence electrons. The molecule has 4 nitrogen and oxygen atoms in total. The second-order valence-electron chi connectivity index (χ2n) is 5.42. The average Bonchev–Trinajstić information content (AvgIpc) is 2.91. The largest absolute Gasteiger partial charge is 0.444 e. The number of nitrogens with zero attached hydrogens (tertiary/aromatic N) is 3. The highest BCUT2D eigenvalue weighted by atomic mass is 35.5. The minimum atomic E-state index is 0.321. The van der Waals surface area contributed by atoms with Gasteiger partial charge in [0, 0.05) is 23.9 Å². The Morgan fingerprint density at radius 1 is 1.17 bits per heavy atom. The van der Waals surface area contributed by atoms with Crippen molar-refractivity contribution in [1.29, 1.82) is 0 Å². The summed E-state index contributed by atoms with van der Waals surface area (Å²) in [6.07, 6.45) is 1.62.